The van der Waals surface area contributed by atoms with Crippen LogP contribution in [0.1, 0.15) is 25.3 Å². The number of benzene rings is 2. The van der Waals surface area contributed by atoms with Gasteiger partial charge in [-0.25, -0.2) is 0 Å². The number of carbonyl (C=O) groups is 1. The second-order valence-corrected chi connectivity index (χ2v) is 6.90. The molecule has 150 valence electrons. The zero-order valence-electron chi connectivity index (χ0n) is 16.6. The summed E-state index contributed by atoms with van der Waals surface area (Å²) in [6.07, 6.45) is 2.86. The van der Waals surface area contributed by atoms with E-state index in [2.05, 4.69) is 19.2 Å². The van der Waals surface area contributed by atoms with Crippen LogP contribution < -0.4 is 21.2 Å². The second kappa shape index (κ2) is 8.60. The molecule has 3 rings (SSSR count). The molecule has 1 amide bonds. The zero-order chi connectivity index (χ0) is 21.0. The second-order valence-electron chi connectivity index (χ2n) is 6.90. The minimum absolute atomic E-state index is 0.257. The van der Waals surface area contributed by atoms with Crippen LogP contribution >= 0.6 is 0 Å². The molecule has 0 atom stereocenters. The summed E-state index contributed by atoms with van der Waals surface area (Å²) in [5, 5.41) is 2.74. The molecular weight excluding hydrogens is 370 g/mol. The number of para-hydroxylation sites is 2. The third-order valence-corrected chi connectivity index (χ3v) is 4.58. The predicted octanol–water partition coefficient (Wildman–Crippen LogP) is 2.77. The largest absolute Gasteiger partial charge is 0.495 e. The van der Waals surface area contributed by atoms with E-state index in [9.17, 15) is 14.4 Å². The summed E-state index contributed by atoms with van der Waals surface area (Å²) in [5.74, 6) is 0.473. The fourth-order valence-electron chi connectivity index (χ4n) is 2.96. The molecule has 0 aliphatic rings. The number of methoxy groups -OCH3 is 1. The van der Waals surface area contributed by atoms with Gasteiger partial charge in [0, 0.05) is 18.1 Å². The topological polar surface area (TPSA) is 82.3 Å². The molecule has 7 heteroatoms. The van der Waals surface area contributed by atoms with Crippen LogP contribution in [0.4, 0.5) is 5.69 Å². The average molecular weight is 393 g/mol. The maximum atomic E-state index is 12.5. The van der Waals surface area contributed by atoms with Crippen molar-refractivity contribution >= 4 is 11.6 Å². The Kier molecular flexibility index (Phi) is 5.97. The lowest BCUT2D eigenvalue weighted by Gasteiger charge is -2.12. The van der Waals surface area contributed by atoms with E-state index in [1.54, 1.807) is 24.3 Å². The molecule has 0 aliphatic carbocycles. The van der Waals surface area contributed by atoms with Gasteiger partial charge in [-0.15, -0.1) is 0 Å². The number of rotatable bonds is 6. The number of hydrogen-bond donors (Lipinski definition) is 1. The summed E-state index contributed by atoms with van der Waals surface area (Å²) < 4.78 is 7.54. The highest BCUT2D eigenvalue weighted by Crippen LogP contribution is 2.20. The number of ether oxygens (including phenoxy) is 1. The Morgan fingerprint density at radius 1 is 1.00 bits per heavy atom. The van der Waals surface area contributed by atoms with E-state index >= 15 is 0 Å². The quantitative estimate of drug-likeness (QED) is 0.653. The van der Waals surface area contributed by atoms with Crippen molar-refractivity contribution in [3.05, 3.63) is 87.2 Å². The van der Waals surface area contributed by atoms with Crippen molar-refractivity contribution < 1.29 is 9.53 Å². The number of hydrogen-bond acceptors (Lipinski definition) is 4. The molecule has 1 N–H and O–H groups in total. The molecular formula is C22H23N3O4. The SMILES string of the molecule is COc1ccccc1-n1ccn(CC(=O)Nc2ccc(C(C)C)cc2)c(=O)c1=O. The van der Waals surface area contributed by atoms with Gasteiger partial charge >= 0.3 is 11.1 Å². The molecule has 29 heavy (non-hydrogen) atoms. The van der Waals surface area contributed by atoms with Crippen LogP contribution in [0, 0.1) is 0 Å². The fourth-order valence-corrected chi connectivity index (χ4v) is 2.96. The summed E-state index contributed by atoms with van der Waals surface area (Å²) >= 11 is 0. The van der Waals surface area contributed by atoms with Gasteiger partial charge in [-0.05, 0) is 35.7 Å². The van der Waals surface area contributed by atoms with Gasteiger partial charge in [-0.2, -0.15) is 0 Å². The van der Waals surface area contributed by atoms with Gasteiger partial charge in [-0.3, -0.25) is 23.5 Å². The molecule has 0 spiro atoms. The lowest BCUT2D eigenvalue weighted by Crippen LogP contribution is -2.41. The van der Waals surface area contributed by atoms with Gasteiger partial charge in [0.1, 0.15) is 12.3 Å². The molecule has 0 fully saturated rings. The fraction of sp³-hybridized carbons (Fsp3) is 0.227. The standard InChI is InChI=1S/C22H23N3O4/c1-15(2)16-8-10-17(11-9-16)23-20(26)14-24-12-13-25(22(28)21(24)27)18-6-4-5-7-19(18)29-3/h4-13,15H,14H2,1-3H3,(H,23,26). The van der Waals surface area contributed by atoms with Crippen LogP contribution in [0.5, 0.6) is 5.75 Å². The first kappa shape index (κ1) is 20.1. The van der Waals surface area contributed by atoms with Crippen LogP contribution in [-0.4, -0.2) is 22.2 Å². The molecule has 0 aliphatic heterocycles. The van der Waals surface area contributed by atoms with Crippen molar-refractivity contribution in [2.75, 3.05) is 12.4 Å². The third kappa shape index (κ3) is 4.45. The number of nitrogens with one attached hydrogen (secondary N) is 1. The predicted molar refractivity (Wildman–Crippen MR) is 112 cm³/mol. The molecule has 2 aromatic carbocycles. The number of aromatic nitrogens is 2. The molecule has 0 saturated heterocycles. The lowest BCUT2D eigenvalue weighted by atomic mass is 10.0. The third-order valence-electron chi connectivity index (χ3n) is 4.58. The first-order valence-electron chi connectivity index (χ1n) is 9.26. The summed E-state index contributed by atoms with van der Waals surface area (Å²) in [6, 6.07) is 14.4. The number of carbonyl (C=O) groups excluding carboxylic acids is 1. The molecule has 3 aromatic rings. The Morgan fingerprint density at radius 3 is 2.34 bits per heavy atom. The molecule has 0 saturated carbocycles. The molecule has 7 nitrogen and oxygen atoms in total. The monoisotopic (exact) mass is 393 g/mol. The average Bonchev–Trinajstić information content (AvgIpc) is 2.72. The van der Waals surface area contributed by atoms with Gasteiger partial charge in [0.25, 0.3) is 0 Å². The van der Waals surface area contributed by atoms with Gasteiger partial charge in [0.2, 0.25) is 5.91 Å². The number of amides is 1. The van der Waals surface area contributed by atoms with Crippen molar-refractivity contribution in [3.8, 4) is 11.4 Å². The van der Waals surface area contributed by atoms with Gasteiger partial charge in [0.15, 0.2) is 0 Å². The van der Waals surface area contributed by atoms with E-state index in [1.807, 2.05) is 24.3 Å². The van der Waals surface area contributed by atoms with E-state index in [4.69, 9.17) is 4.74 Å². The summed E-state index contributed by atoms with van der Waals surface area (Å²) in [5.41, 5.74) is 0.711. The van der Waals surface area contributed by atoms with Crippen LogP contribution in [0.2, 0.25) is 0 Å². The van der Waals surface area contributed by atoms with Crippen LogP contribution in [-0.2, 0) is 11.3 Å². The number of anilines is 1. The van der Waals surface area contributed by atoms with Gasteiger partial charge in [0.05, 0.1) is 12.8 Å². The minimum atomic E-state index is -0.788. The Balaban J connectivity index is 1.80. The highest BCUT2D eigenvalue weighted by Gasteiger charge is 2.12. The van der Waals surface area contributed by atoms with Crippen molar-refractivity contribution in [2.45, 2.75) is 26.3 Å². The lowest BCUT2D eigenvalue weighted by molar-refractivity contribution is -0.116. The van der Waals surface area contributed by atoms with Crippen LogP contribution in [0.15, 0.2) is 70.5 Å². The Labute approximate surface area is 168 Å². The zero-order valence-corrected chi connectivity index (χ0v) is 16.6. The van der Waals surface area contributed by atoms with Crippen molar-refractivity contribution in [1.29, 1.82) is 0 Å². The summed E-state index contributed by atoms with van der Waals surface area (Å²) in [6.45, 7) is 3.92. The highest BCUT2D eigenvalue weighted by atomic mass is 16.5. The first-order chi connectivity index (χ1) is 13.9. The minimum Gasteiger partial charge on any atom is -0.495 e. The summed E-state index contributed by atoms with van der Waals surface area (Å²) in [7, 11) is 1.49. The van der Waals surface area contributed by atoms with Crippen LogP contribution in [0.3, 0.4) is 0 Å². The number of nitrogens with zero attached hydrogens (tertiary/aromatic N) is 2. The van der Waals surface area contributed by atoms with Crippen molar-refractivity contribution in [1.82, 2.24) is 9.13 Å². The van der Waals surface area contributed by atoms with Crippen molar-refractivity contribution in [3.63, 3.8) is 0 Å². The molecule has 1 heterocycles. The molecule has 0 unspecified atom stereocenters. The van der Waals surface area contributed by atoms with Gasteiger partial charge < -0.3 is 10.1 Å². The van der Waals surface area contributed by atoms with E-state index in [0.29, 0.717) is 23.0 Å². The first-order valence-corrected chi connectivity index (χ1v) is 9.26. The molecule has 1 aromatic heterocycles. The van der Waals surface area contributed by atoms with Crippen molar-refractivity contribution in [2.24, 2.45) is 0 Å². The molecule has 0 radical (unpaired) electrons. The Bertz CT molecular complexity index is 1130. The maximum absolute atomic E-state index is 12.5. The molecule has 0 bridgehead atoms. The summed E-state index contributed by atoms with van der Waals surface area (Å²) in [4.78, 5) is 37.3. The Morgan fingerprint density at radius 2 is 1.69 bits per heavy atom. The van der Waals surface area contributed by atoms with Crippen LogP contribution in [0.25, 0.3) is 5.69 Å². The maximum Gasteiger partial charge on any atom is 0.321 e. The van der Waals surface area contributed by atoms with E-state index in [1.165, 1.54) is 29.6 Å². The normalized spacial score (nSPS) is 10.8. The smallest absolute Gasteiger partial charge is 0.321 e. The van der Waals surface area contributed by atoms with E-state index in [-0.39, 0.29) is 12.5 Å². The Hall–Kier alpha value is -3.61. The van der Waals surface area contributed by atoms with Gasteiger partial charge in [-0.1, -0.05) is 38.1 Å². The van der Waals surface area contributed by atoms with E-state index in [0.717, 1.165) is 4.57 Å². The van der Waals surface area contributed by atoms with E-state index < -0.39 is 11.1 Å². The highest BCUT2D eigenvalue weighted by molar-refractivity contribution is 5.90.